The average Bonchev–Trinajstić information content (AvgIpc) is 2.88. The SMILES string of the molecule is CC(C(=O)N1CCCCC(C2CN(c3nnco3)C2)C1)S(N)(=O)=O. The van der Waals surface area contributed by atoms with E-state index in [-0.39, 0.29) is 0 Å². The molecule has 2 saturated heterocycles. The molecule has 0 spiro atoms. The third kappa shape index (κ3) is 3.54. The highest BCUT2D eigenvalue weighted by Crippen LogP contribution is 2.33. The van der Waals surface area contributed by atoms with E-state index >= 15 is 0 Å². The Hall–Kier alpha value is -1.68. The van der Waals surface area contributed by atoms with Crippen LogP contribution in [0.25, 0.3) is 0 Å². The summed E-state index contributed by atoms with van der Waals surface area (Å²) in [6.07, 6.45) is 4.27. The highest BCUT2D eigenvalue weighted by atomic mass is 32.2. The number of hydrogen-bond donors (Lipinski definition) is 1. The molecule has 0 aliphatic carbocycles. The molecular formula is C14H23N5O4S. The van der Waals surface area contributed by atoms with Crippen LogP contribution in [0.15, 0.2) is 10.8 Å². The first kappa shape index (κ1) is 17.2. The second-order valence-electron chi connectivity index (χ2n) is 6.66. The number of carbonyl (C=O) groups is 1. The van der Waals surface area contributed by atoms with Crippen molar-refractivity contribution >= 4 is 21.9 Å². The topological polar surface area (TPSA) is 123 Å². The number of nitrogens with two attached hydrogens (primary N) is 1. The minimum absolute atomic E-state index is 0.350. The Morgan fingerprint density at radius 3 is 2.71 bits per heavy atom. The van der Waals surface area contributed by atoms with E-state index in [1.54, 1.807) is 4.90 Å². The molecule has 10 heteroatoms. The van der Waals surface area contributed by atoms with Crippen molar-refractivity contribution in [2.24, 2.45) is 17.0 Å². The summed E-state index contributed by atoms with van der Waals surface area (Å²) < 4.78 is 28.1. The van der Waals surface area contributed by atoms with Crippen molar-refractivity contribution in [3.63, 3.8) is 0 Å². The molecule has 134 valence electrons. The second-order valence-corrected chi connectivity index (χ2v) is 8.54. The molecular weight excluding hydrogens is 334 g/mol. The molecule has 24 heavy (non-hydrogen) atoms. The smallest absolute Gasteiger partial charge is 0.317 e. The van der Waals surface area contributed by atoms with E-state index in [0.29, 0.717) is 30.9 Å². The van der Waals surface area contributed by atoms with E-state index in [2.05, 4.69) is 10.2 Å². The number of hydrogen-bond acceptors (Lipinski definition) is 7. The summed E-state index contributed by atoms with van der Waals surface area (Å²) >= 11 is 0. The zero-order valence-electron chi connectivity index (χ0n) is 13.7. The van der Waals surface area contributed by atoms with Crippen molar-refractivity contribution in [2.75, 3.05) is 31.1 Å². The fourth-order valence-corrected chi connectivity index (χ4v) is 3.86. The number of aromatic nitrogens is 2. The molecule has 2 N–H and O–H groups in total. The van der Waals surface area contributed by atoms with Crippen molar-refractivity contribution in [1.29, 1.82) is 0 Å². The molecule has 2 fully saturated rings. The number of anilines is 1. The van der Waals surface area contributed by atoms with Crippen molar-refractivity contribution in [1.82, 2.24) is 15.1 Å². The van der Waals surface area contributed by atoms with Crippen LogP contribution >= 0.6 is 0 Å². The zero-order valence-corrected chi connectivity index (χ0v) is 14.5. The van der Waals surface area contributed by atoms with Crippen molar-refractivity contribution < 1.29 is 17.6 Å². The number of amides is 1. The maximum Gasteiger partial charge on any atom is 0.317 e. The van der Waals surface area contributed by atoms with Gasteiger partial charge in [0.2, 0.25) is 22.3 Å². The van der Waals surface area contributed by atoms with Gasteiger partial charge >= 0.3 is 6.01 Å². The summed E-state index contributed by atoms with van der Waals surface area (Å²) in [4.78, 5) is 16.1. The number of sulfonamides is 1. The van der Waals surface area contributed by atoms with E-state index in [4.69, 9.17) is 9.56 Å². The minimum Gasteiger partial charge on any atom is -0.411 e. The van der Waals surface area contributed by atoms with E-state index < -0.39 is 21.2 Å². The van der Waals surface area contributed by atoms with E-state index in [1.165, 1.54) is 13.3 Å². The quantitative estimate of drug-likeness (QED) is 0.792. The van der Waals surface area contributed by atoms with E-state index in [1.807, 2.05) is 4.90 Å². The Kier molecular flexibility index (Phi) is 4.77. The van der Waals surface area contributed by atoms with Gasteiger partial charge in [0.15, 0.2) is 5.25 Å². The van der Waals surface area contributed by atoms with E-state index in [9.17, 15) is 13.2 Å². The highest BCUT2D eigenvalue weighted by Gasteiger charge is 2.39. The fraction of sp³-hybridized carbons (Fsp3) is 0.786. The monoisotopic (exact) mass is 357 g/mol. The Morgan fingerprint density at radius 1 is 1.33 bits per heavy atom. The molecule has 2 aliphatic rings. The Balaban J connectivity index is 1.60. The summed E-state index contributed by atoms with van der Waals surface area (Å²) in [5.41, 5.74) is 0. The van der Waals surface area contributed by atoms with Crippen LogP contribution < -0.4 is 10.0 Å². The zero-order chi connectivity index (χ0) is 17.3. The predicted octanol–water partition coefficient (Wildman–Crippen LogP) is -0.188. The fourth-order valence-electron chi connectivity index (χ4n) is 3.43. The van der Waals surface area contributed by atoms with Crippen molar-refractivity contribution in [2.45, 2.75) is 31.4 Å². The minimum atomic E-state index is -3.86. The van der Waals surface area contributed by atoms with Crippen molar-refractivity contribution in [3.8, 4) is 0 Å². The number of likely N-dealkylation sites (tertiary alicyclic amines) is 1. The van der Waals surface area contributed by atoms with Crippen LogP contribution in [0.2, 0.25) is 0 Å². The number of primary sulfonamides is 1. The first-order valence-electron chi connectivity index (χ1n) is 8.17. The molecule has 1 aromatic rings. The van der Waals surface area contributed by atoms with Crippen LogP contribution in [0, 0.1) is 11.8 Å². The molecule has 2 unspecified atom stereocenters. The maximum absolute atomic E-state index is 12.4. The van der Waals surface area contributed by atoms with Crippen molar-refractivity contribution in [3.05, 3.63) is 6.39 Å². The largest absolute Gasteiger partial charge is 0.411 e. The Morgan fingerprint density at radius 2 is 2.08 bits per heavy atom. The molecule has 9 nitrogen and oxygen atoms in total. The third-order valence-electron chi connectivity index (χ3n) is 5.06. The van der Waals surface area contributed by atoms with Gasteiger partial charge in [0.25, 0.3) is 0 Å². The molecule has 0 radical (unpaired) electrons. The summed E-state index contributed by atoms with van der Waals surface area (Å²) in [6, 6.07) is 0.524. The molecule has 1 amide bonds. The molecule has 0 bridgehead atoms. The Labute approximate surface area is 141 Å². The summed E-state index contributed by atoms with van der Waals surface area (Å²) in [5.74, 6) is 0.399. The first-order chi connectivity index (χ1) is 11.4. The third-order valence-corrected chi connectivity index (χ3v) is 6.24. The summed E-state index contributed by atoms with van der Waals surface area (Å²) in [5, 5.41) is 11.5. The maximum atomic E-state index is 12.4. The molecule has 3 rings (SSSR count). The number of carbonyl (C=O) groups excluding carboxylic acids is 1. The number of rotatable bonds is 4. The highest BCUT2D eigenvalue weighted by molar-refractivity contribution is 7.90. The Bertz CT molecular complexity index is 671. The van der Waals surface area contributed by atoms with Gasteiger partial charge in [-0.2, -0.15) is 0 Å². The number of nitrogens with zero attached hydrogens (tertiary/aromatic N) is 4. The summed E-state index contributed by atoms with van der Waals surface area (Å²) in [7, 11) is -3.86. The molecule has 0 aromatic carbocycles. The van der Waals surface area contributed by atoms with Gasteiger partial charge < -0.3 is 14.2 Å². The second kappa shape index (κ2) is 6.67. The van der Waals surface area contributed by atoms with Crippen LogP contribution in [-0.2, 0) is 14.8 Å². The van der Waals surface area contributed by atoms with Gasteiger partial charge in [-0.25, -0.2) is 13.6 Å². The lowest BCUT2D eigenvalue weighted by Crippen LogP contribution is -2.53. The van der Waals surface area contributed by atoms with Gasteiger partial charge in [0.05, 0.1) is 0 Å². The average molecular weight is 357 g/mol. The summed E-state index contributed by atoms with van der Waals surface area (Å²) in [6.45, 7) is 4.17. The van der Waals surface area contributed by atoms with Crippen LogP contribution in [0.1, 0.15) is 26.2 Å². The molecule has 3 heterocycles. The van der Waals surface area contributed by atoms with Gasteiger partial charge in [-0.3, -0.25) is 4.79 Å². The van der Waals surface area contributed by atoms with Crippen LogP contribution in [-0.4, -0.2) is 60.9 Å². The van der Waals surface area contributed by atoms with Gasteiger partial charge in [-0.05, 0) is 31.6 Å². The van der Waals surface area contributed by atoms with Gasteiger partial charge in [-0.15, -0.1) is 5.10 Å². The molecule has 0 saturated carbocycles. The lowest BCUT2D eigenvalue weighted by atomic mass is 9.83. The lowest BCUT2D eigenvalue weighted by molar-refractivity contribution is -0.131. The molecule has 1 aromatic heterocycles. The van der Waals surface area contributed by atoms with Gasteiger partial charge in [0.1, 0.15) is 0 Å². The standard InChI is InChI=1S/C14H23N5O4S/c1-10(24(15,21)22)13(20)18-5-3-2-4-11(6-18)12-7-19(8-12)14-17-16-9-23-14/h9-12H,2-8H2,1H3,(H2,15,21,22). The normalized spacial score (nSPS) is 24.3. The van der Waals surface area contributed by atoms with Gasteiger partial charge in [-0.1, -0.05) is 11.5 Å². The molecule has 2 aliphatic heterocycles. The predicted molar refractivity (Wildman–Crippen MR) is 86.5 cm³/mol. The molecule has 2 atom stereocenters. The van der Waals surface area contributed by atoms with Gasteiger partial charge in [0, 0.05) is 26.2 Å². The van der Waals surface area contributed by atoms with Crippen LogP contribution in [0.4, 0.5) is 6.01 Å². The van der Waals surface area contributed by atoms with Crippen LogP contribution in [0.5, 0.6) is 0 Å². The van der Waals surface area contributed by atoms with Crippen LogP contribution in [0.3, 0.4) is 0 Å². The van der Waals surface area contributed by atoms with E-state index in [0.717, 1.165) is 32.4 Å². The first-order valence-corrected chi connectivity index (χ1v) is 9.78. The lowest BCUT2D eigenvalue weighted by Gasteiger charge is -2.43.